The molecule has 2 aliphatic rings. The van der Waals surface area contributed by atoms with Crippen LogP contribution in [0.4, 0.5) is 5.88 Å². The first-order chi connectivity index (χ1) is 14.3. The fourth-order valence-corrected chi connectivity index (χ4v) is 5.81. The number of sulfone groups is 1. The number of hydrogen-bond donors (Lipinski definition) is 0. The van der Waals surface area contributed by atoms with Crippen LogP contribution < -0.4 is 4.90 Å². The standard InChI is InChI=1S/C20H21N3O4S3/c1-13-6-8-14(9-7-13)30(25,26)17-19(23-10-4-3-5-11-23)27-16(21-17)12-15-18(24)22(2)20(28)29-15/h6-9,12H,3-5,10-11H2,1-2H3/b15-12-. The van der Waals surface area contributed by atoms with Crippen molar-refractivity contribution in [3.05, 3.63) is 40.6 Å². The number of aryl methyl sites for hydroxylation is 1. The zero-order valence-corrected chi connectivity index (χ0v) is 19.1. The summed E-state index contributed by atoms with van der Waals surface area (Å²) in [6.45, 7) is 3.29. The number of carbonyl (C=O) groups excluding carboxylic acids is 1. The second-order valence-electron chi connectivity index (χ2n) is 7.27. The lowest BCUT2D eigenvalue weighted by atomic mass is 10.1. The normalized spacial score (nSPS) is 19.2. The summed E-state index contributed by atoms with van der Waals surface area (Å²) in [5.74, 6) is 0.0503. The molecule has 2 fully saturated rings. The molecule has 0 bridgehead atoms. The van der Waals surface area contributed by atoms with Crippen molar-refractivity contribution in [2.24, 2.45) is 0 Å². The van der Waals surface area contributed by atoms with Gasteiger partial charge < -0.3 is 9.32 Å². The van der Waals surface area contributed by atoms with Crippen LogP contribution in [0.2, 0.25) is 0 Å². The Bertz CT molecular complexity index is 1130. The maximum atomic E-state index is 13.4. The van der Waals surface area contributed by atoms with Gasteiger partial charge in [-0.15, -0.1) is 0 Å². The highest BCUT2D eigenvalue weighted by molar-refractivity contribution is 8.26. The Kier molecular flexibility index (Phi) is 5.73. The average Bonchev–Trinajstić information content (AvgIpc) is 3.27. The van der Waals surface area contributed by atoms with Crippen LogP contribution in [0.1, 0.15) is 30.7 Å². The van der Waals surface area contributed by atoms with Gasteiger partial charge in [0.05, 0.1) is 9.80 Å². The first kappa shape index (κ1) is 21.1. The highest BCUT2D eigenvalue weighted by Gasteiger charge is 2.33. The fourth-order valence-electron chi connectivity index (χ4n) is 3.33. The Balaban J connectivity index is 1.80. The van der Waals surface area contributed by atoms with E-state index in [0.29, 0.717) is 22.3 Å². The fraction of sp³-hybridized carbons (Fsp3) is 0.350. The van der Waals surface area contributed by atoms with E-state index < -0.39 is 9.84 Å². The number of aromatic nitrogens is 1. The lowest BCUT2D eigenvalue weighted by molar-refractivity contribution is -0.121. The van der Waals surface area contributed by atoms with Crippen molar-refractivity contribution in [2.45, 2.75) is 36.1 Å². The molecule has 3 heterocycles. The van der Waals surface area contributed by atoms with Crippen molar-refractivity contribution in [3.8, 4) is 0 Å². The first-order valence-electron chi connectivity index (χ1n) is 9.56. The number of oxazole rings is 1. The molecule has 30 heavy (non-hydrogen) atoms. The number of piperidine rings is 1. The van der Waals surface area contributed by atoms with Crippen LogP contribution in [-0.2, 0) is 14.6 Å². The van der Waals surface area contributed by atoms with Gasteiger partial charge in [-0.05, 0) is 38.3 Å². The van der Waals surface area contributed by atoms with E-state index in [1.165, 1.54) is 11.0 Å². The molecule has 0 spiro atoms. The van der Waals surface area contributed by atoms with E-state index in [2.05, 4.69) is 4.98 Å². The van der Waals surface area contributed by atoms with Gasteiger partial charge in [0.15, 0.2) is 0 Å². The van der Waals surface area contributed by atoms with Gasteiger partial charge in [-0.3, -0.25) is 9.69 Å². The number of thiocarbonyl (C=S) groups is 1. The highest BCUT2D eigenvalue weighted by Crippen LogP contribution is 2.36. The van der Waals surface area contributed by atoms with E-state index in [4.69, 9.17) is 16.6 Å². The zero-order valence-electron chi connectivity index (χ0n) is 16.6. The molecule has 10 heteroatoms. The number of likely N-dealkylation sites (N-methyl/N-ethyl adjacent to an activating group) is 1. The maximum absolute atomic E-state index is 13.4. The monoisotopic (exact) mass is 463 g/mol. The molecule has 0 N–H and O–H groups in total. The highest BCUT2D eigenvalue weighted by atomic mass is 32.2. The largest absolute Gasteiger partial charge is 0.420 e. The minimum Gasteiger partial charge on any atom is -0.420 e. The molecule has 2 saturated heterocycles. The third-order valence-electron chi connectivity index (χ3n) is 5.07. The van der Waals surface area contributed by atoms with Gasteiger partial charge in [0.25, 0.3) is 5.91 Å². The smallest absolute Gasteiger partial charge is 0.266 e. The maximum Gasteiger partial charge on any atom is 0.266 e. The van der Waals surface area contributed by atoms with E-state index in [1.54, 1.807) is 31.3 Å². The Morgan fingerprint density at radius 1 is 1.17 bits per heavy atom. The van der Waals surface area contributed by atoms with Gasteiger partial charge in [0.2, 0.25) is 26.6 Å². The topological polar surface area (TPSA) is 83.7 Å². The molecule has 0 radical (unpaired) electrons. The van der Waals surface area contributed by atoms with Crippen molar-refractivity contribution in [3.63, 3.8) is 0 Å². The molecule has 0 aliphatic carbocycles. The predicted octanol–water partition coefficient (Wildman–Crippen LogP) is 3.64. The number of anilines is 1. The molecule has 4 rings (SSSR count). The van der Waals surface area contributed by atoms with Crippen LogP contribution in [0.25, 0.3) is 6.08 Å². The predicted molar refractivity (Wildman–Crippen MR) is 120 cm³/mol. The Morgan fingerprint density at radius 3 is 2.43 bits per heavy atom. The second kappa shape index (κ2) is 8.16. The number of carbonyl (C=O) groups is 1. The summed E-state index contributed by atoms with van der Waals surface area (Å²) in [4.78, 5) is 20.4. The lowest BCUT2D eigenvalue weighted by Gasteiger charge is -2.26. The van der Waals surface area contributed by atoms with E-state index in [-0.39, 0.29) is 27.6 Å². The molecule has 7 nitrogen and oxygen atoms in total. The van der Waals surface area contributed by atoms with Crippen LogP contribution in [0.3, 0.4) is 0 Å². The summed E-state index contributed by atoms with van der Waals surface area (Å²) < 4.78 is 33.0. The zero-order chi connectivity index (χ0) is 21.5. The minimum atomic E-state index is -3.89. The van der Waals surface area contributed by atoms with Crippen LogP contribution in [0.15, 0.2) is 43.5 Å². The van der Waals surface area contributed by atoms with Gasteiger partial charge in [-0.25, -0.2) is 8.42 Å². The molecule has 2 aliphatic heterocycles. The van der Waals surface area contributed by atoms with Gasteiger partial charge in [0, 0.05) is 26.2 Å². The number of nitrogens with zero attached hydrogens (tertiary/aromatic N) is 3. The number of amides is 1. The quantitative estimate of drug-likeness (QED) is 0.502. The van der Waals surface area contributed by atoms with Gasteiger partial charge in [0.1, 0.15) is 4.32 Å². The summed E-state index contributed by atoms with van der Waals surface area (Å²) in [7, 11) is -2.29. The molecule has 1 aromatic heterocycles. The van der Waals surface area contributed by atoms with Gasteiger partial charge in [-0.2, -0.15) is 4.98 Å². The molecule has 0 saturated carbocycles. The summed E-state index contributed by atoms with van der Waals surface area (Å²) in [6.07, 6.45) is 4.46. The number of thioether (sulfide) groups is 1. The Morgan fingerprint density at radius 2 is 1.83 bits per heavy atom. The minimum absolute atomic E-state index is 0.0789. The van der Waals surface area contributed by atoms with E-state index in [9.17, 15) is 13.2 Å². The van der Waals surface area contributed by atoms with Crippen molar-refractivity contribution in [1.29, 1.82) is 0 Å². The summed E-state index contributed by atoms with van der Waals surface area (Å²) in [5.41, 5.74) is 0.965. The summed E-state index contributed by atoms with van der Waals surface area (Å²) in [5, 5.41) is -0.119. The van der Waals surface area contributed by atoms with E-state index >= 15 is 0 Å². The Hall–Kier alpha value is -2.17. The third-order valence-corrected chi connectivity index (χ3v) is 8.22. The van der Waals surface area contributed by atoms with E-state index in [1.807, 2.05) is 11.8 Å². The Labute approximate surface area is 185 Å². The molecule has 2 aromatic rings. The van der Waals surface area contributed by atoms with Gasteiger partial charge in [-0.1, -0.05) is 41.7 Å². The molecular formula is C20H21N3O4S3. The summed E-state index contributed by atoms with van der Waals surface area (Å²) >= 11 is 6.29. The second-order valence-corrected chi connectivity index (χ2v) is 10.8. The molecule has 1 aromatic carbocycles. The molecule has 1 amide bonds. The van der Waals surface area contributed by atoms with Crippen molar-refractivity contribution in [1.82, 2.24) is 9.88 Å². The molecule has 0 unspecified atom stereocenters. The van der Waals surface area contributed by atoms with Gasteiger partial charge >= 0.3 is 0 Å². The average molecular weight is 464 g/mol. The van der Waals surface area contributed by atoms with Crippen molar-refractivity contribution in [2.75, 3.05) is 25.0 Å². The number of rotatable bonds is 4. The SMILES string of the molecule is Cc1ccc(S(=O)(=O)c2nc(/C=C3\SC(=S)N(C)C3=O)oc2N2CCCCC2)cc1. The van der Waals surface area contributed by atoms with Crippen LogP contribution in [-0.4, -0.2) is 48.7 Å². The first-order valence-corrected chi connectivity index (χ1v) is 12.3. The van der Waals surface area contributed by atoms with E-state index in [0.717, 1.165) is 36.6 Å². The van der Waals surface area contributed by atoms with Crippen LogP contribution in [0, 0.1) is 6.92 Å². The molecule has 0 atom stereocenters. The van der Waals surface area contributed by atoms with Crippen molar-refractivity contribution >= 4 is 56.0 Å². The molecular weight excluding hydrogens is 442 g/mol. The summed E-state index contributed by atoms with van der Waals surface area (Å²) in [6, 6.07) is 6.64. The van der Waals surface area contributed by atoms with Crippen LogP contribution >= 0.6 is 24.0 Å². The number of hydrogen-bond acceptors (Lipinski definition) is 8. The number of benzene rings is 1. The van der Waals surface area contributed by atoms with Crippen molar-refractivity contribution < 1.29 is 17.6 Å². The lowest BCUT2D eigenvalue weighted by Crippen LogP contribution is -2.30. The molecule has 158 valence electrons. The third kappa shape index (κ3) is 3.91. The van der Waals surface area contributed by atoms with Crippen LogP contribution in [0.5, 0.6) is 0 Å².